The summed E-state index contributed by atoms with van der Waals surface area (Å²) in [6.45, 7) is 0.276. The van der Waals surface area contributed by atoms with Crippen molar-refractivity contribution in [1.29, 1.82) is 0 Å². The summed E-state index contributed by atoms with van der Waals surface area (Å²) in [6.07, 6.45) is -0.490. The number of imide groups is 1. The minimum atomic E-state index is -0.783. The van der Waals surface area contributed by atoms with Crippen LogP contribution in [0, 0.1) is 0 Å². The Morgan fingerprint density at radius 1 is 1.12 bits per heavy atom. The zero-order chi connectivity index (χ0) is 11.3. The summed E-state index contributed by atoms with van der Waals surface area (Å²) in [6, 6.07) is -0.464. The van der Waals surface area contributed by atoms with Crippen molar-refractivity contribution in [3.05, 3.63) is 0 Å². The number of ketones is 1. The second kappa shape index (κ2) is 3.36. The Morgan fingerprint density at radius 3 is 2.50 bits per heavy atom. The molecule has 0 aromatic heterocycles. The van der Waals surface area contributed by atoms with E-state index in [1.807, 2.05) is 0 Å². The van der Waals surface area contributed by atoms with Crippen molar-refractivity contribution in [2.24, 2.45) is 0 Å². The number of hydrogen-bond donors (Lipinski definition) is 0. The van der Waals surface area contributed by atoms with Crippen LogP contribution in [0.5, 0.6) is 0 Å². The van der Waals surface area contributed by atoms with Gasteiger partial charge >= 0.3 is 0 Å². The number of carbonyl (C=O) groups is 3. The van der Waals surface area contributed by atoms with E-state index in [0.29, 0.717) is 0 Å². The van der Waals surface area contributed by atoms with Gasteiger partial charge in [-0.05, 0) is 0 Å². The Bertz CT molecular complexity index is 363. The molecule has 0 aromatic carbocycles. The molecule has 6 heteroatoms. The van der Waals surface area contributed by atoms with Gasteiger partial charge in [-0.3, -0.25) is 19.3 Å². The number of likely N-dealkylation sites (tertiary alicyclic amines) is 1. The molecule has 0 radical (unpaired) electrons. The molecular formula is C10H11NO5. The standard InChI is InChI=1S/C10H11NO5/c12-6-3-5(7-4-15-10(6)16-7)11-8(13)1-2-9(11)14/h5,7,10H,1-4H2/t5-,7-,10-/m1/s1. The summed E-state index contributed by atoms with van der Waals surface area (Å²) < 4.78 is 10.4. The van der Waals surface area contributed by atoms with E-state index in [1.165, 1.54) is 4.90 Å². The minimum Gasteiger partial charge on any atom is -0.343 e. The van der Waals surface area contributed by atoms with E-state index in [0.717, 1.165) is 0 Å². The molecule has 0 N–H and O–H groups in total. The van der Waals surface area contributed by atoms with Crippen LogP contribution in [0.2, 0.25) is 0 Å². The van der Waals surface area contributed by atoms with Crippen LogP contribution in [0.4, 0.5) is 0 Å². The average Bonchev–Trinajstić information content (AvgIpc) is 2.81. The first-order valence-corrected chi connectivity index (χ1v) is 5.31. The maximum Gasteiger partial charge on any atom is 0.230 e. The molecule has 3 saturated heterocycles. The van der Waals surface area contributed by atoms with Gasteiger partial charge in [-0.15, -0.1) is 0 Å². The minimum absolute atomic E-state index is 0.160. The average molecular weight is 225 g/mol. The fraction of sp³-hybridized carbons (Fsp3) is 0.700. The maximum atomic E-state index is 11.6. The molecule has 3 aliphatic heterocycles. The lowest BCUT2D eigenvalue weighted by molar-refractivity contribution is -0.163. The molecule has 86 valence electrons. The van der Waals surface area contributed by atoms with Crippen LogP contribution in [-0.4, -0.2) is 47.5 Å². The van der Waals surface area contributed by atoms with Gasteiger partial charge in [0.1, 0.15) is 6.10 Å². The van der Waals surface area contributed by atoms with Gasteiger partial charge in [-0.2, -0.15) is 0 Å². The Morgan fingerprint density at radius 2 is 1.81 bits per heavy atom. The summed E-state index contributed by atoms with van der Waals surface area (Å²) in [7, 11) is 0. The normalized spacial score (nSPS) is 38.6. The maximum absolute atomic E-state index is 11.6. The van der Waals surface area contributed by atoms with Crippen molar-refractivity contribution in [2.75, 3.05) is 6.61 Å². The summed E-state index contributed by atoms with van der Waals surface area (Å²) in [4.78, 5) is 35.8. The Labute approximate surface area is 91.5 Å². The molecular weight excluding hydrogens is 214 g/mol. The van der Waals surface area contributed by atoms with Gasteiger partial charge in [-0.25, -0.2) is 0 Å². The second-order valence-corrected chi connectivity index (χ2v) is 4.24. The van der Waals surface area contributed by atoms with Gasteiger partial charge in [0.2, 0.25) is 18.1 Å². The largest absolute Gasteiger partial charge is 0.343 e. The number of nitrogens with zero attached hydrogens (tertiary/aromatic N) is 1. The highest BCUT2D eigenvalue weighted by Gasteiger charge is 2.49. The Balaban J connectivity index is 1.86. The van der Waals surface area contributed by atoms with Crippen LogP contribution in [0.3, 0.4) is 0 Å². The Hall–Kier alpha value is -1.27. The van der Waals surface area contributed by atoms with Crippen LogP contribution in [0.25, 0.3) is 0 Å². The first-order chi connectivity index (χ1) is 7.66. The van der Waals surface area contributed by atoms with Crippen molar-refractivity contribution in [2.45, 2.75) is 37.7 Å². The van der Waals surface area contributed by atoms with Gasteiger partial charge in [-0.1, -0.05) is 0 Å². The summed E-state index contributed by atoms with van der Waals surface area (Å²) in [5, 5.41) is 0. The monoisotopic (exact) mass is 225 g/mol. The second-order valence-electron chi connectivity index (χ2n) is 4.24. The molecule has 2 bridgehead atoms. The predicted octanol–water partition coefficient (Wildman–Crippen LogP) is -0.782. The van der Waals surface area contributed by atoms with Crippen molar-refractivity contribution in [3.63, 3.8) is 0 Å². The van der Waals surface area contributed by atoms with E-state index in [2.05, 4.69) is 0 Å². The van der Waals surface area contributed by atoms with E-state index >= 15 is 0 Å². The van der Waals surface area contributed by atoms with Gasteiger partial charge in [0.05, 0.1) is 12.6 Å². The number of carbonyl (C=O) groups excluding carboxylic acids is 3. The number of ether oxygens (including phenoxy) is 2. The van der Waals surface area contributed by atoms with E-state index in [9.17, 15) is 14.4 Å². The van der Waals surface area contributed by atoms with Crippen molar-refractivity contribution < 1.29 is 23.9 Å². The number of amides is 2. The molecule has 16 heavy (non-hydrogen) atoms. The molecule has 0 spiro atoms. The summed E-state index contributed by atoms with van der Waals surface area (Å²) >= 11 is 0. The lowest BCUT2D eigenvalue weighted by Crippen LogP contribution is -2.51. The highest BCUT2D eigenvalue weighted by atomic mass is 16.7. The zero-order valence-corrected chi connectivity index (χ0v) is 8.55. The van der Waals surface area contributed by atoms with E-state index < -0.39 is 12.3 Å². The van der Waals surface area contributed by atoms with Crippen LogP contribution in [0.15, 0.2) is 0 Å². The summed E-state index contributed by atoms with van der Waals surface area (Å²) in [5.41, 5.74) is 0. The van der Waals surface area contributed by atoms with Crippen LogP contribution in [-0.2, 0) is 23.9 Å². The van der Waals surface area contributed by atoms with Gasteiger partial charge < -0.3 is 9.47 Å². The highest BCUT2D eigenvalue weighted by Crippen LogP contribution is 2.30. The SMILES string of the molecule is O=C1C[C@@H](N2C(=O)CCC2=O)[C@H]2CO[C@@H]1O2. The van der Waals surface area contributed by atoms with Crippen molar-refractivity contribution in [3.8, 4) is 0 Å². The van der Waals surface area contributed by atoms with Crippen LogP contribution in [0.1, 0.15) is 19.3 Å². The number of fused-ring (bicyclic) bond motifs is 2. The van der Waals surface area contributed by atoms with Gasteiger partial charge in [0.15, 0.2) is 5.78 Å². The smallest absolute Gasteiger partial charge is 0.230 e. The van der Waals surface area contributed by atoms with E-state index in [-0.39, 0.29) is 49.6 Å². The third-order valence-electron chi connectivity index (χ3n) is 3.23. The quantitative estimate of drug-likeness (QED) is 0.547. The lowest BCUT2D eigenvalue weighted by Gasteiger charge is -2.32. The highest BCUT2D eigenvalue weighted by molar-refractivity contribution is 6.03. The van der Waals surface area contributed by atoms with E-state index in [1.54, 1.807) is 0 Å². The molecule has 3 aliphatic rings. The molecule has 3 atom stereocenters. The number of Topliss-reactive ketones (excluding diaryl/α,β-unsaturated/α-hetero) is 1. The molecule has 2 amide bonds. The number of rotatable bonds is 1. The molecule has 3 rings (SSSR count). The van der Waals surface area contributed by atoms with Crippen LogP contribution < -0.4 is 0 Å². The predicted molar refractivity (Wildman–Crippen MR) is 49.1 cm³/mol. The molecule has 3 heterocycles. The fourth-order valence-electron chi connectivity index (χ4n) is 2.45. The molecule has 6 nitrogen and oxygen atoms in total. The molecule has 0 saturated carbocycles. The van der Waals surface area contributed by atoms with E-state index in [4.69, 9.17) is 9.47 Å². The zero-order valence-electron chi connectivity index (χ0n) is 8.55. The molecule has 0 aliphatic carbocycles. The van der Waals surface area contributed by atoms with Crippen molar-refractivity contribution >= 4 is 17.6 Å². The third kappa shape index (κ3) is 1.30. The summed E-state index contributed by atoms with van der Waals surface area (Å²) in [5.74, 6) is -0.611. The molecule has 3 fully saturated rings. The van der Waals surface area contributed by atoms with Crippen LogP contribution >= 0.6 is 0 Å². The topological polar surface area (TPSA) is 72.9 Å². The third-order valence-corrected chi connectivity index (χ3v) is 3.23. The van der Waals surface area contributed by atoms with Crippen molar-refractivity contribution in [1.82, 2.24) is 4.90 Å². The first kappa shape index (κ1) is 9.92. The number of hydrogen-bond acceptors (Lipinski definition) is 5. The molecule has 0 aromatic rings. The Kier molecular flexibility index (Phi) is 2.08. The van der Waals surface area contributed by atoms with Gasteiger partial charge in [0, 0.05) is 19.3 Å². The fourth-order valence-corrected chi connectivity index (χ4v) is 2.45. The lowest BCUT2D eigenvalue weighted by atomic mass is 10.0. The first-order valence-electron chi connectivity index (χ1n) is 5.31. The molecule has 0 unspecified atom stereocenters. The van der Waals surface area contributed by atoms with Gasteiger partial charge in [0.25, 0.3) is 0 Å².